The second-order valence-electron chi connectivity index (χ2n) is 7.24. The Balaban J connectivity index is 0.00000240. The number of piperazine rings is 1. The molecule has 5 nitrogen and oxygen atoms in total. The first-order chi connectivity index (χ1) is 13.5. The second kappa shape index (κ2) is 9.35. The summed E-state index contributed by atoms with van der Waals surface area (Å²) in [4.78, 5) is 28.6. The van der Waals surface area contributed by atoms with Crippen molar-refractivity contribution in [2.24, 2.45) is 0 Å². The van der Waals surface area contributed by atoms with Crippen molar-refractivity contribution in [2.75, 3.05) is 31.5 Å². The van der Waals surface area contributed by atoms with Crippen LogP contribution >= 0.6 is 35.6 Å². The average molecular weight is 455 g/mol. The summed E-state index contributed by atoms with van der Waals surface area (Å²) in [5.74, 6) is 0.0820. The van der Waals surface area contributed by atoms with E-state index in [1.807, 2.05) is 35.2 Å². The van der Waals surface area contributed by atoms with E-state index < -0.39 is 0 Å². The van der Waals surface area contributed by atoms with Crippen LogP contribution < -0.4 is 5.32 Å². The van der Waals surface area contributed by atoms with Crippen LogP contribution in [0.3, 0.4) is 0 Å². The largest absolute Gasteiger partial charge is 0.336 e. The lowest BCUT2D eigenvalue weighted by atomic mass is 10.00. The number of carbonyl (C=O) groups is 2. The summed E-state index contributed by atoms with van der Waals surface area (Å²) >= 11 is 12.1. The van der Waals surface area contributed by atoms with E-state index in [2.05, 4.69) is 10.2 Å². The molecule has 1 fully saturated rings. The third-order valence-electron chi connectivity index (χ3n) is 5.30. The molecule has 2 aliphatic heterocycles. The van der Waals surface area contributed by atoms with Gasteiger partial charge in [-0.1, -0.05) is 29.3 Å². The Labute approximate surface area is 186 Å². The van der Waals surface area contributed by atoms with Crippen molar-refractivity contribution < 1.29 is 9.59 Å². The molecule has 2 amide bonds. The Morgan fingerprint density at radius 2 is 1.72 bits per heavy atom. The molecule has 2 aliphatic rings. The van der Waals surface area contributed by atoms with Gasteiger partial charge in [0.25, 0.3) is 5.91 Å². The van der Waals surface area contributed by atoms with Gasteiger partial charge in [-0.3, -0.25) is 14.5 Å². The highest BCUT2D eigenvalue weighted by Gasteiger charge is 2.24. The van der Waals surface area contributed by atoms with Gasteiger partial charge in [-0.05, 0) is 47.9 Å². The molecule has 2 heterocycles. The maximum atomic E-state index is 12.9. The van der Waals surface area contributed by atoms with Crippen LogP contribution in [0.5, 0.6) is 0 Å². The zero-order valence-corrected chi connectivity index (χ0v) is 18.1. The average Bonchev–Trinajstić information content (AvgIpc) is 2.70. The van der Waals surface area contributed by atoms with Gasteiger partial charge in [0, 0.05) is 50.4 Å². The molecule has 0 bridgehead atoms. The molecule has 1 N–H and O–H groups in total. The van der Waals surface area contributed by atoms with Crippen molar-refractivity contribution in [2.45, 2.75) is 19.4 Å². The number of nitrogens with one attached hydrogen (secondary N) is 1. The molecule has 2 aromatic rings. The minimum absolute atomic E-state index is 0. The van der Waals surface area contributed by atoms with E-state index >= 15 is 0 Å². The van der Waals surface area contributed by atoms with Crippen molar-refractivity contribution in [3.05, 3.63) is 63.1 Å². The number of rotatable bonds is 3. The number of anilines is 1. The van der Waals surface area contributed by atoms with E-state index in [1.165, 1.54) is 0 Å². The van der Waals surface area contributed by atoms with Gasteiger partial charge in [-0.25, -0.2) is 0 Å². The number of aryl methyl sites for hydroxylation is 1. The topological polar surface area (TPSA) is 52.7 Å². The molecular weight excluding hydrogens is 433 g/mol. The van der Waals surface area contributed by atoms with E-state index in [9.17, 15) is 9.59 Å². The molecule has 0 radical (unpaired) electrons. The molecule has 0 unspecified atom stereocenters. The van der Waals surface area contributed by atoms with E-state index in [1.54, 1.807) is 6.07 Å². The Kier molecular flexibility index (Phi) is 7.06. The number of hydrogen-bond acceptors (Lipinski definition) is 3. The summed E-state index contributed by atoms with van der Waals surface area (Å²) in [7, 11) is 0. The first-order valence-electron chi connectivity index (χ1n) is 9.38. The van der Waals surface area contributed by atoms with Crippen LogP contribution in [0.25, 0.3) is 0 Å². The fourth-order valence-corrected chi connectivity index (χ4v) is 4.02. The minimum Gasteiger partial charge on any atom is -0.336 e. The smallest absolute Gasteiger partial charge is 0.253 e. The summed E-state index contributed by atoms with van der Waals surface area (Å²) in [5, 5.41) is 3.98. The predicted octanol–water partition coefficient (Wildman–Crippen LogP) is 4.26. The van der Waals surface area contributed by atoms with Crippen molar-refractivity contribution in [1.82, 2.24) is 9.80 Å². The number of amides is 2. The molecule has 29 heavy (non-hydrogen) atoms. The first kappa shape index (κ1) is 21.9. The number of halogens is 3. The summed E-state index contributed by atoms with van der Waals surface area (Å²) < 4.78 is 0. The van der Waals surface area contributed by atoms with E-state index in [0.29, 0.717) is 41.5 Å². The molecule has 1 saturated heterocycles. The summed E-state index contributed by atoms with van der Waals surface area (Å²) in [6.45, 7) is 3.79. The molecule has 154 valence electrons. The van der Waals surface area contributed by atoms with Gasteiger partial charge in [0.05, 0.1) is 10.0 Å². The lowest BCUT2D eigenvalue weighted by molar-refractivity contribution is -0.116. The maximum absolute atomic E-state index is 12.9. The second-order valence-corrected chi connectivity index (χ2v) is 8.05. The Hall–Kier alpha value is -1.79. The van der Waals surface area contributed by atoms with Gasteiger partial charge in [0.2, 0.25) is 5.91 Å². The highest BCUT2D eigenvalue weighted by Crippen LogP contribution is 2.25. The Morgan fingerprint density at radius 3 is 2.45 bits per heavy atom. The van der Waals surface area contributed by atoms with E-state index in [0.717, 1.165) is 36.4 Å². The monoisotopic (exact) mass is 453 g/mol. The summed E-state index contributed by atoms with van der Waals surface area (Å²) in [5.41, 5.74) is 3.65. The summed E-state index contributed by atoms with van der Waals surface area (Å²) in [6.07, 6.45) is 1.15. The van der Waals surface area contributed by atoms with Crippen LogP contribution in [0.15, 0.2) is 36.4 Å². The molecule has 0 aromatic heterocycles. The Morgan fingerprint density at radius 1 is 0.966 bits per heavy atom. The third kappa shape index (κ3) is 5.04. The highest BCUT2D eigenvalue weighted by atomic mass is 35.5. The molecule has 0 saturated carbocycles. The SMILES string of the molecule is Cl.O=C1CCc2cc(C(=O)N3CCN(Cc4ccc(Cl)c(Cl)c4)CC3)ccc2N1. The fraction of sp³-hybridized carbons (Fsp3) is 0.333. The number of carbonyl (C=O) groups excluding carboxylic acids is 2. The quantitative estimate of drug-likeness (QED) is 0.754. The molecular formula is C21H22Cl3N3O2. The van der Waals surface area contributed by atoms with Crippen LogP contribution in [0.1, 0.15) is 27.9 Å². The van der Waals surface area contributed by atoms with Crippen LogP contribution in [0.4, 0.5) is 5.69 Å². The molecule has 8 heteroatoms. The van der Waals surface area contributed by atoms with E-state index in [-0.39, 0.29) is 24.2 Å². The standard InChI is InChI=1S/C21H21Cl2N3O2.ClH/c22-17-4-1-14(11-18(17)23)13-25-7-9-26(10-8-25)21(28)16-2-5-19-15(12-16)3-6-20(27)24-19;/h1-2,4-5,11-12H,3,6-10,13H2,(H,24,27);1H. The summed E-state index contributed by atoms with van der Waals surface area (Å²) in [6, 6.07) is 11.2. The van der Waals surface area contributed by atoms with Crippen LogP contribution in [0, 0.1) is 0 Å². The molecule has 4 rings (SSSR count). The zero-order valence-electron chi connectivity index (χ0n) is 15.8. The van der Waals surface area contributed by atoms with Crippen molar-refractivity contribution in [1.29, 1.82) is 0 Å². The van der Waals surface area contributed by atoms with Gasteiger partial charge in [0.1, 0.15) is 0 Å². The first-order valence-corrected chi connectivity index (χ1v) is 10.1. The maximum Gasteiger partial charge on any atom is 0.253 e. The van der Waals surface area contributed by atoms with Gasteiger partial charge < -0.3 is 10.2 Å². The van der Waals surface area contributed by atoms with Crippen LogP contribution in [0.2, 0.25) is 10.0 Å². The lowest BCUT2D eigenvalue weighted by Crippen LogP contribution is -2.48. The number of hydrogen-bond donors (Lipinski definition) is 1. The molecule has 0 spiro atoms. The lowest BCUT2D eigenvalue weighted by Gasteiger charge is -2.35. The Bertz CT molecular complexity index is 927. The van der Waals surface area contributed by atoms with Crippen LogP contribution in [-0.2, 0) is 17.8 Å². The fourth-order valence-electron chi connectivity index (χ4n) is 3.70. The van der Waals surface area contributed by atoms with Crippen molar-refractivity contribution in [3.63, 3.8) is 0 Å². The normalized spacial score (nSPS) is 16.6. The highest BCUT2D eigenvalue weighted by molar-refractivity contribution is 6.42. The molecule has 0 atom stereocenters. The number of nitrogens with zero attached hydrogens (tertiary/aromatic N) is 2. The third-order valence-corrected chi connectivity index (χ3v) is 6.04. The van der Waals surface area contributed by atoms with E-state index in [4.69, 9.17) is 23.2 Å². The zero-order chi connectivity index (χ0) is 19.7. The van der Waals surface area contributed by atoms with Crippen LogP contribution in [-0.4, -0.2) is 47.8 Å². The minimum atomic E-state index is 0. The van der Waals surface area contributed by atoms with Crippen molar-refractivity contribution >= 4 is 53.1 Å². The predicted molar refractivity (Wildman–Crippen MR) is 118 cm³/mol. The van der Waals surface area contributed by atoms with Gasteiger partial charge >= 0.3 is 0 Å². The number of fused-ring (bicyclic) bond motifs is 1. The van der Waals surface area contributed by atoms with Crippen molar-refractivity contribution in [3.8, 4) is 0 Å². The van der Waals surface area contributed by atoms with Gasteiger partial charge in [0.15, 0.2) is 0 Å². The van der Waals surface area contributed by atoms with Gasteiger partial charge in [-0.2, -0.15) is 0 Å². The molecule has 2 aromatic carbocycles. The van der Waals surface area contributed by atoms with Gasteiger partial charge in [-0.15, -0.1) is 12.4 Å². The number of benzene rings is 2. The molecule has 0 aliphatic carbocycles.